The molecule has 1 amide bonds. The molecule has 2 aromatic heterocycles. The van der Waals surface area contributed by atoms with Crippen molar-refractivity contribution in [3.8, 4) is 11.7 Å². The number of carbonyl (C=O) groups excluding carboxylic acids is 1. The summed E-state index contributed by atoms with van der Waals surface area (Å²) in [5.41, 5.74) is 0.713. The van der Waals surface area contributed by atoms with E-state index in [1.165, 1.54) is 23.1 Å². The summed E-state index contributed by atoms with van der Waals surface area (Å²) >= 11 is 0. The van der Waals surface area contributed by atoms with Crippen LogP contribution in [0.2, 0.25) is 0 Å². The van der Waals surface area contributed by atoms with Crippen LogP contribution in [0.25, 0.3) is 5.95 Å². The van der Waals surface area contributed by atoms with Crippen LogP contribution in [-0.4, -0.2) is 44.0 Å². The van der Waals surface area contributed by atoms with Crippen LogP contribution in [0.5, 0.6) is 5.75 Å². The maximum atomic E-state index is 12.7. The van der Waals surface area contributed by atoms with E-state index in [0.29, 0.717) is 17.3 Å². The lowest BCUT2D eigenvalue weighted by Crippen LogP contribution is -2.25. The number of nitrogens with one attached hydrogen (secondary N) is 2. The molecule has 0 radical (unpaired) electrons. The highest BCUT2D eigenvalue weighted by atomic mass is 19.4. The first-order valence-corrected chi connectivity index (χ1v) is 9.42. The molecule has 0 spiro atoms. The van der Waals surface area contributed by atoms with Crippen molar-refractivity contribution in [3.63, 3.8) is 0 Å². The van der Waals surface area contributed by atoms with Gasteiger partial charge in [0.1, 0.15) is 5.75 Å². The molecule has 1 fully saturated rings. The Morgan fingerprint density at radius 1 is 1.23 bits per heavy atom. The largest absolute Gasteiger partial charge is 0.573 e. The second-order valence-electron chi connectivity index (χ2n) is 6.86. The van der Waals surface area contributed by atoms with Crippen LogP contribution in [-0.2, 0) is 6.54 Å². The molecule has 1 aliphatic rings. The third-order valence-corrected chi connectivity index (χ3v) is 4.52. The summed E-state index contributed by atoms with van der Waals surface area (Å²) in [6, 6.07) is 5.62. The van der Waals surface area contributed by atoms with E-state index in [4.69, 9.17) is 0 Å². The van der Waals surface area contributed by atoms with Crippen LogP contribution < -0.4 is 15.4 Å². The fraction of sp³-hybridized carbons (Fsp3) is 0.316. The predicted octanol–water partition coefficient (Wildman–Crippen LogP) is 2.81. The van der Waals surface area contributed by atoms with Crippen molar-refractivity contribution in [3.05, 3.63) is 53.6 Å². The Bertz CT molecular complexity index is 1080. The molecule has 0 bridgehead atoms. The Morgan fingerprint density at radius 3 is 2.61 bits per heavy atom. The van der Waals surface area contributed by atoms with Gasteiger partial charge in [-0.1, -0.05) is 0 Å². The number of hydrogen-bond acceptors (Lipinski definition) is 7. The zero-order valence-corrected chi connectivity index (χ0v) is 16.3. The van der Waals surface area contributed by atoms with Crippen LogP contribution in [0.1, 0.15) is 40.5 Å². The van der Waals surface area contributed by atoms with E-state index >= 15 is 0 Å². The molecule has 2 N–H and O–H groups in total. The maximum absolute atomic E-state index is 12.7. The first kappa shape index (κ1) is 20.6. The van der Waals surface area contributed by atoms with Crippen molar-refractivity contribution in [2.24, 2.45) is 0 Å². The van der Waals surface area contributed by atoms with E-state index in [2.05, 4.69) is 35.4 Å². The lowest BCUT2D eigenvalue weighted by molar-refractivity contribution is -0.274. The number of halogens is 3. The molecular weight excluding hydrogens is 415 g/mol. The van der Waals surface area contributed by atoms with Gasteiger partial charge in [-0.2, -0.15) is 9.67 Å². The van der Waals surface area contributed by atoms with Gasteiger partial charge in [0.25, 0.3) is 11.9 Å². The molecule has 9 nitrogen and oxygen atoms in total. The summed E-state index contributed by atoms with van der Waals surface area (Å²) in [5, 5.41) is 9.68. The summed E-state index contributed by atoms with van der Waals surface area (Å²) in [7, 11) is 1.64. The minimum Gasteiger partial charge on any atom is -0.406 e. The predicted molar refractivity (Wildman–Crippen MR) is 103 cm³/mol. The molecule has 1 aromatic carbocycles. The maximum Gasteiger partial charge on any atom is 0.573 e. The molecular formula is C19H18F3N7O2. The SMILES string of the molecule is CNc1nc(CNC(=O)c2cc(OC(F)(F)F)cc(C3CC3)c2)n(-c2ncccn2)n1. The average Bonchev–Trinajstić information content (AvgIpc) is 3.51. The van der Waals surface area contributed by atoms with Gasteiger partial charge in [-0.05, 0) is 48.6 Å². The molecule has 4 rings (SSSR count). The lowest BCUT2D eigenvalue weighted by atomic mass is 10.1. The summed E-state index contributed by atoms with van der Waals surface area (Å²) < 4.78 is 43.4. The van der Waals surface area contributed by atoms with Gasteiger partial charge in [-0.15, -0.1) is 18.3 Å². The molecule has 1 saturated carbocycles. The molecule has 0 aliphatic heterocycles. The second-order valence-corrected chi connectivity index (χ2v) is 6.86. The van der Waals surface area contributed by atoms with Crippen LogP contribution in [0.15, 0.2) is 36.7 Å². The van der Waals surface area contributed by atoms with E-state index in [1.54, 1.807) is 19.2 Å². The van der Waals surface area contributed by atoms with Gasteiger partial charge in [0.05, 0.1) is 6.54 Å². The van der Waals surface area contributed by atoms with Crippen LogP contribution in [0.3, 0.4) is 0 Å². The molecule has 3 aromatic rings. The summed E-state index contributed by atoms with van der Waals surface area (Å²) in [6.45, 7) is -0.0467. The molecule has 0 unspecified atom stereocenters. The lowest BCUT2D eigenvalue weighted by Gasteiger charge is -2.13. The number of alkyl halides is 3. The third kappa shape index (κ3) is 5.08. The van der Waals surface area contributed by atoms with Crippen molar-refractivity contribution in [2.45, 2.75) is 31.7 Å². The molecule has 0 atom stereocenters. The van der Waals surface area contributed by atoms with E-state index in [9.17, 15) is 18.0 Å². The molecule has 12 heteroatoms. The fourth-order valence-electron chi connectivity index (χ4n) is 2.98. The number of anilines is 1. The molecule has 2 heterocycles. The number of carbonyl (C=O) groups is 1. The number of aromatic nitrogens is 5. The van der Waals surface area contributed by atoms with Crippen molar-refractivity contribution in [2.75, 3.05) is 12.4 Å². The van der Waals surface area contributed by atoms with E-state index in [1.807, 2.05) is 0 Å². The number of amides is 1. The van der Waals surface area contributed by atoms with Crippen molar-refractivity contribution < 1.29 is 22.7 Å². The van der Waals surface area contributed by atoms with E-state index in [0.717, 1.165) is 18.9 Å². The highest BCUT2D eigenvalue weighted by molar-refractivity contribution is 5.94. The molecule has 162 valence electrons. The number of benzene rings is 1. The van der Waals surface area contributed by atoms with Crippen molar-refractivity contribution in [1.82, 2.24) is 30.0 Å². The first-order valence-electron chi connectivity index (χ1n) is 9.42. The van der Waals surface area contributed by atoms with Gasteiger partial charge in [0.15, 0.2) is 5.82 Å². The monoisotopic (exact) mass is 433 g/mol. The topological polar surface area (TPSA) is 107 Å². The zero-order valence-electron chi connectivity index (χ0n) is 16.3. The van der Waals surface area contributed by atoms with Gasteiger partial charge in [0.2, 0.25) is 5.95 Å². The third-order valence-electron chi connectivity index (χ3n) is 4.52. The second kappa shape index (κ2) is 8.20. The van der Waals surface area contributed by atoms with Gasteiger partial charge in [0, 0.05) is 25.0 Å². The van der Waals surface area contributed by atoms with Gasteiger partial charge >= 0.3 is 6.36 Å². The summed E-state index contributed by atoms with van der Waals surface area (Å²) in [5.74, 6) is 0.0592. The number of nitrogens with zero attached hydrogens (tertiary/aromatic N) is 5. The van der Waals surface area contributed by atoms with Crippen LogP contribution in [0.4, 0.5) is 19.1 Å². The van der Waals surface area contributed by atoms with Crippen LogP contribution >= 0.6 is 0 Å². The van der Waals surface area contributed by atoms with Crippen LogP contribution in [0, 0.1) is 0 Å². The summed E-state index contributed by atoms with van der Waals surface area (Å²) in [6.07, 6.45) is -0.0352. The smallest absolute Gasteiger partial charge is 0.406 e. The Hall–Kier alpha value is -3.70. The Kier molecular flexibility index (Phi) is 5.44. The van der Waals surface area contributed by atoms with Crippen molar-refractivity contribution in [1.29, 1.82) is 0 Å². The van der Waals surface area contributed by atoms with Gasteiger partial charge in [-0.25, -0.2) is 9.97 Å². The van der Waals surface area contributed by atoms with Gasteiger partial charge in [-0.3, -0.25) is 4.79 Å². The minimum absolute atomic E-state index is 0.0467. The standard InChI is InChI=1S/C19H18F3N7O2/c1-23-17-27-15(29(28-17)18-24-5-2-6-25-18)10-26-16(30)13-7-12(11-3-4-11)8-14(9-13)31-19(20,21)22/h2,5-9,11H,3-4,10H2,1H3,(H,23,28)(H,26,30). The Balaban J connectivity index is 1.55. The van der Waals surface area contributed by atoms with Crippen molar-refractivity contribution >= 4 is 11.9 Å². The minimum atomic E-state index is -4.84. The average molecular weight is 433 g/mol. The molecule has 31 heavy (non-hydrogen) atoms. The fourth-order valence-corrected chi connectivity index (χ4v) is 2.98. The van der Waals surface area contributed by atoms with Gasteiger partial charge < -0.3 is 15.4 Å². The zero-order chi connectivity index (χ0) is 22.0. The number of hydrogen-bond donors (Lipinski definition) is 2. The highest BCUT2D eigenvalue weighted by Gasteiger charge is 2.33. The summed E-state index contributed by atoms with van der Waals surface area (Å²) in [4.78, 5) is 25.2. The first-order chi connectivity index (χ1) is 14.8. The molecule has 1 aliphatic carbocycles. The normalized spacial score (nSPS) is 13.7. The van der Waals surface area contributed by atoms with E-state index in [-0.39, 0.29) is 24.0 Å². The van der Waals surface area contributed by atoms with E-state index < -0.39 is 18.0 Å². The molecule has 0 saturated heterocycles. The Morgan fingerprint density at radius 2 is 1.97 bits per heavy atom. The number of rotatable bonds is 7. The highest BCUT2D eigenvalue weighted by Crippen LogP contribution is 2.42. The Labute approximate surface area is 174 Å². The quantitative estimate of drug-likeness (QED) is 0.590. The number of ether oxygens (including phenoxy) is 1.